The van der Waals surface area contributed by atoms with Gasteiger partial charge in [0.2, 0.25) is 0 Å². The molecule has 5 nitrogen and oxygen atoms in total. The van der Waals surface area contributed by atoms with Crippen LogP contribution in [0.5, 0.6) is 0 Å². The number of nitrogens with two attached hydrogens (primary N) is 1. The zero-order valence-electron chi connectivity index (χ0n) is 9.37. The summed E-state index contributed by atoms with van der Waals surface area (Å²) in [6, 6.07) is 3.05. The van der Waals surface area contributed by atoms with E-state index >= 15 is 0 Å². The molecule has 2 rings (SSSR count). The van der Waals surface area contributed by atoms with Crippen molar-refractivity contribution >= 4 is 17.3 Å². The molecule has 0 aliphatic rings. The molecule has 0 aromatic carbocycles. The lowest BCUT2D eigenvalue weighted by Crippen LogP contribution is -2.23. The SMILES string of the molecule is Cn1cc(C(N)C(=O)OCc2cccs2)cn1. The molecule has 0 bridgehead atoms. The molecule has 0 radical (unpaired) electrons. The Morgan fingerprint density at radius 2 is 2.53 bits per heavy atom. The molecule has 2 heterocycles. The lowest BCUT2D eigenvalue weighted by atomic mass is 10.2. The third-order valence-corrected chi connectivity index (χ3v) is 3.12. The number of aromatic nitrogens is 2. The van der Waals surface area contributed by atoms with Gasteiger partial charge in [0, 0.05) is 23.7 Å². The molecule has 2 aromatic rings. The topological polar surface area (TPSA) is 70.1 Å². The lowest BCUT2D eigenvalue weighted by Gasteiger charge is -2.08. The monoisotopic (exact) mass is 251 g/mol. The summed E-state index contributed by atoms with van der Waals surface area (Å²) in [5, 5.41) is 5.90. The van der Waals surface area contributed by atoms with Gasteiger partial charge in [-0.15, -0.1) is 11.3 Å². The number of aryl methyl sites for hydroxylation is 1. The summed E-state index contributed by atoms with van der Waals surface area (Å²) in [6.45, 7) is 0.268. The molecule has 2 aromatic heterocycles. The number of hydrogen-bond donors (Lipinski definition) is 1. The van der Waals surface area contributed by atoms with Gasteiger partial charge >= 0.3 is 5.97 Å². The van der Waals surface area contributed by atoms with Gasteiger partial charge in [-0.2, -0.15) is 5.10 Å². The average molecular weight is 251 g/mol. The van der Waals surface area contributed by atoms with Gasteiger partial charge < -0.3 is 10.5 Å². The van der Waals surface area contributed by atoms with Crippen molar-refractivity contribution in [2.24, 2.45) is 12.8 Å². The Labute approximate surface area is 103 Å². The third-order valence-electron chi connectivity index (χ3n) is 2.27. The van der Waals surface area contributed by atoms with Crippen LogP contribution in [0.3, 0.4) is 0 Å². The molecule has 17 heavy (non-hydrogen) atoms. The highest BCUT2D eigenvalue weighted by atomic mass is 32.1. The van der Waals surface area contributed by atoms with Crippen LogP contribution in [0.2, 0.25) is 0 Å². The Kier molecular flexibility index (Phi) is 3.55. The van der Waals surface area contributed by atoms with Crippen LogP contribution in [-0.4, -0.2) is 15.7 Å². The van der Waals surface area contributed by atoms with E-state index in [2.05, 4.69) is 5.10 Å². The normalized spacial score (nSPS) is 12.4. The van der Waals surface area contributed by atoms with Gasteiger partial charge in [-0.25, -0.2) is 4.79 Å². The second kappa shape index (κ2) is 5.11. The van der Waals surface area contributed by atoms with E-state index in [1.54, 1.807) is 35.5 Å². The molecule has 2 N–H and O–H groups in total. The smallest absolute Gasteiger partial charge is 0.328 e. The Morgan fingerprint density at radius 1 is 1.71 bits per heavy atom. The zero-order chi connectivity index (χ0) is 12.3. The van der Waals surface area contributed by atoms with Gasteiger partial charge in [0.15, 0.2) is 0 Å². The Balaban J connectivity index is 1.91. The van der Waals surface area contributed by atoms with Gasteiger partial charge in [0.05, 0.1) is 6.20 Å². The number of carbonyl (C=O) groups is 1. The maximum atomic E-state index is 11.7. The number of ether oxygens (including phenoxy) is 1. The fraction of sp³-hybridized carbons (Fsp3) is 0.273. The molecule has 90 valence electrons. The predicted octanol–water partition coefficient (Wildman–Crippen LogP) is 1.22. The van der Waals surface area contributed by atoms with E-state index in [0.29, 0.717) is 5.56 Å². The summed E-state index contributed by atoms with van der Waals surface area (Å²) >= 11 is 1.54. The number of thiophene rings is 1. The Hall–Kier alpha value is -1.66. The summed E-state index contributed by atoms with van der Waals surface area (Å²) in [6.07, 6.45) is 3.27. The Morgan fingerprint density at radius 3 is 3.12 bits per heavy atom. The van der Waals surface area contributed by atoms with E-state index in [9.17, 15) is 4.79 Å². The van der Waals surface area contributed by atoms with E-state index in [0.717, 1.165) is 4.88 Å². The van der Waals surface area contributed by atoms with E-state index in [1.165, 1.54) is 0 Å². The van der Waals surface area contributed by atoms with E-state index in [-0.39, 0.29) is 6.61 Å². The van der Waals surface area contributed by atoms with Gasteiger partial charge in [0.25, 0.3) is 0 Å². The summed E-state index contributed by atoms with van der Waals surface area (Å²) in [7, 11) is 1.77. The van der Waals surface area contributed by atoms with Crippen LogP contribution in [-0.2, 0) is 23.2 Å². The first-order valence-corrected chi connectivity index (χ1v) is 5.98. The van der Waals surface area contributed by atoms with Crippen LogP contribution in [0, 0.1) is 0 Å². The Bertz CT molecular complexity index is 493. The van der Waals surface area contributed by atoms with E-state index in [4.69, 9.17) is 10.5 Å². The molecule has 6 heteroatoms. The molecule has 0 amide bonds. The minimum atomic E-state index is -0.774. The summed E-state index contributed by atoms with van der Waals surface area (Å²) in [5.74, 6) is -0.439. The highest BCUT2D eigenvalue weighted by Gasteiger charge is 2.18. The second-order valence-electron chi connectivity index (χ2n) is 3.61. The molecule has 0 spiro atoms. The molecule has 0 aliphatic carbocycles. The largest absolute Gasteiger partial charge is 0.459 e. The van der Waals surface area contributed by atoms with Crippen molar-refractivity contribution < 1.29 is 9.53 Å². The quantitative estimate of drug-likeness (QED) is 0.830. The van der Waals surface area contributed by atoms with Crippen LogP contribution in [0.15, 0.2) is 29.9 Å². The first kappa shape index (κ1) is 11.8. The minimum absolute atomic E-state index is 0.268. The molecule has 1 unspecified atom stereocenters. The van der Waals surface area contributed by atoms with Crippen LogP contribution in [0.4, 0.5) is 0 Å². The van der Waals surface area contributed by atoms with Gasteiger partial charge in [-0.3, -0.25) is 4.68 Å². The zero-order valence-corrected chi connectivity index (χ0v) is 10.2. The minimum Gasteiger partial charge on any atom is -0.459 e. The number of carbonyl (C=O) groups excluding carboxylic acids is 1. The summed E-state index contributed by atoms with van der Waals surface area (Å²) in [4.78, 5) is 12.7. The molecule has 0 aliphatic heterocycles. The molecule has 0 fully saturated rings. The number of hydrogen-bond acceptors (Lipinski definition) is 5. The molecule has 1 atom stereocenters. The summed E-state index contributed by atoms with van der Waals surface area (Å²) in [5.41, 5.74) is 6.42. The maximum Gasteiger partial charge on any atom is 0.328 e. The van der Waals surface area contributed by atoms with Gasteiger partial charge in [0.1, 0.15) is 12.6 Å². The second-order valence-corrected chi connectivity index (χ2v) is 4.64. The van der Waals surface area contributed by atoms with Crippen LogP contribution in [0.25, 0.3) is 0 Å². The third kappa shape index (κ3) is 2.92. The van der Waals surface area contributed by atoms with Crippen molar-refractivity contribution in [3.8, 4) is 0 Å². The number of rotatable bonds is 4. The highest BCUT2D eigenvalue weighted by molar-refractivity contribution is 7.09. The predicted molar refractivity (Wildman–Crippen MR) is 64.3 cm³/mol. The molecule has 0 saturated carbocycles. The molecule has 0 saturated heterocycles. The van der Waals surface area contributed by atoms with Crippen molar-refractivity contribution in [1.82, 2.24) is 9.78 Å². The first-order chi connectivity index (χ1) is 8.16. The van der Waals surface area contributed by atoms with Crippen molar-refractivity contribution in [1.29, 1.82) is 0 Å². The molecular formula is C11H13N3O2S. The first-order valence-electron chi connectivity index (χ1n) is 5.10. The standard InChI is InChI=1S/C11H13N3O2S/c1-14-6-8(5-13-14)10(12)11(15)16-7-9-3-2-4-17-9/h2-6,10H,7,12H2,1H3. The molecular weight excluding hydrogens is 238 g/mol. The van der Waals surface area contributed by atoms with Gasteiger partial charge in [-0.05, 0) is 11.4 Å². The van der Waals surface area contributed by atoms with Crippen LogP contribution < -0.4 is 5.73 Å². The van der Waals surface area contributed by atoms with Crippen molar-refractivity contribution in [2.75, 3.05) is 0 Å². The van der Waals surface area contributed by atoms with Crippen molar-refractivity contribution in [3.63, 3.8) is 0 Å². The van der Waals surface area contributed by atoms with E-state index in [1.807, 2.05) is 17.5 Å². The lowest BCUT2D eigenvalue weighted by molar-refractivity contribution is -0.146. The fourth-order valence-corrected chi connectivity index (χ4v) is 1.98. The van der Waals surface area contributed by atoms with Crippen LogP contribution in [0.1, 0.15) is 16.5 Å². The number of esters is 1. The van der Waals surface area contributed by atoms with Crippen molar-refractivity contribution in [2.45, 2.75) is 12.6 Å². The maximum absolute atomic E-state index is 11.7. The fourth-order valence-electron chi connectivity index (χ4n) is 1.36. The van der Waals surface area contributed by atoms with Crippen LogP contribution >= 0.6 is 11.3 Å². The highest BCUT2D eigenvalue weighted by Crippen LogP contribution is 2.14. The number of nitrogens with zero attached hydrogens (tertiary/aromatic N) is 2. The van der Waals surface area contributed by atoms with E-state index < -0.39 is 12.0 Å². The van der Waals surface area contributed by atoms with Gasteiger partial charge in [-0.1, -0.05) is 6.07 Å². The average Bonchev–Trinajstić information content (AvgIpc) is 2.95. The van der Waals surface area contributed by atoms with Crippen molar-refractivity contribution in [3.05, 3.63) is 40.3 Å². The summed E-state index contributed by atoms with van der Waals surface area (Å²) < 4.78 is 6.72.